The van der Waals surface area contributed by atoms with Gasteiger partial charge in [0.05, 0.1) is 18.5 Å². The summed E-state index contributed by atoms with van der Waals surface area (Å²) < 4.78 is 25.4. The predicted octanol–water partition coefficient (Wildman–Crippen LogP) is 2.25. The molecular formula is C12H14FN3O2. The van der Waals surface area contributed by atoms with Crippen LogP contribution in [0.1, 0.15) is 5.69 Å². The van der Waals surface area contributed by atoms with Gasteiger partial charge in [-0.15, -0.1) is 0 Å². The molecule has 0 aliphatic heterocycles. The zero-order valence-corrected chi connectivity index (χ0v) is 10.4. The molecule has 0 bridgehead atoms. The standard InChI is InChI=1S/C12H14FN3O2/c1-7-4-12(16(2)15-7)18-11-6-10(17-3)8(13)5-9(11)14/h4-6H,14H2,1-3H3. The minimum atomic E-state index is -0.525. The Morgan fingerprint density at radius 2 is 2.00 bits per heavy atom. The van der Waals surface area contributed by atoms with E-state index >= 15 is 0 Å². The Morgan fingerprint density at radius 3 is 2.56 bits per heavy atom. The zero-order chi connectivity index (χ0) is 13.3. The number of aromatic nitrogens is 2. The molecule has 0 saturated carbocycles. The summed E-state index contributed by atoms with van der Waals surface area (Å²) >= 11 is 0. The van der Waals surface area contributed by atoms with Crippen LogP contribution >= 0.6 is 0 Å². The lowest BCUT2D eigenvalue weighted by molar-refractivity contribution is 0.379. The number of methoxy groups -OCH3 is 1. The number of aryl methyl sites for hydroxylation is 2. The van der Waals surface area contributed by atoms with E-state index in [0.29, 0.717) is 11.6 Å². The number of ether oxygens (including phenoxy) is 2. The summed E-state index contributed by atoms with van der Waals surface area (Å²) in [5.41, 5.74) is 6.72. The maximum atomic E-state index is 13.4. The van der Waals surface area contributed by atoms with Gasteiger partial charge >= 0.3 is 0 Å². The van der Waals surface area contributed by atoms with Gasteiger partial charge in [0.1, 0.15) is 0 Å². The van der Waals surface area contributed by atoms with Crippen molar-refractivity contribution < 1.29 is 13.9 Å². The van der Waals surface area contributed by atoms with Crippen LogP contribution in [0.25, 0.3) is 0 Å². The molecule has 1 aromatic heterocycles. The van der Waals surface area contributed by atoms with Gasteiger partial charge in [-0.25, -0.2) is 9.07 Å². The van der Waals surface area contributed by atoms with Gasteiger partial charge in [0.25, 0.3) is 0 Å². The lowest BCUT2D eigenvalue weighted by atomic mass is 10.2. The third-order valence-electron chi connectivity index (χ3n) is 2.46. The number of nitrogens with zero attached hydrogens (tertiary/aromatic N) is 2. The van der Waals surface area contributed by atoms with Crippen LogP contribution in [0.15, 0.2) is 18.2 Å². The van der Waals surface area contributed by atoms with Crippen molar-refractivity contribution >= 4 is 5.69 Å². The molecule has 6 heteroatoms. The number of rotatable bonds is 3. The van der Waals surface area contributed by atoms with Crippen LogP contribution < -0.4 is 15.2 Å². The number of benzene rings is 1. The van der Waals surface area contributed by atoms with Crippen LogP contribution in [0.3, 0.4) is 0 Å². The minimum absolute atomic E-state index is 0.0816. The molecule has 0 aliphatic rings. The highest BCUT2D eigenvalue weighted by Crippen LogP contribution is 2.33. The van der Waals surface area contributed by atoms with E-state index in [9.17, 15) is 4.39 Å². The van der Waals surface area contributed by atoms with Gasteiger partial charge in [0.2, 0.25) is 5.88 Å². The summed E-state index contributed by atoms with van der Waals surface area (Å²) in [6.07, 6.45) is 0. The van der Waals surface area contributed by atoms with E-state index in [1.165, 1.54) is 13.2 Å². The number of hydrogen-bond acceptors (Lipinski definition) is 4. The second-order valence-electron chi connectivity index (χ2n) is 3.87. The summed E-state index contributed by atoms with van der Waals surface area (Å²) in [7, 11) is 3.13. The van der Waals surface area contributed by atoms with Crippen molar-refractivity contribution in [3.8, 4) is 17.4 Å². The number of nitrogens with two attached hydrogens (primary N) is 1. The molecule has 1 heterocycles. The Balaban J connectivity index is 2.37. The van der Waals surface area contributed by atoms with E-state index in [1.54, 1.807) is 17.8 Å². The summed E-state index contributed by atoms with van der Waals surface area (Å²) in [6, 6.07) is 4.33. The third kappa shape index (κ3) is 2.22. The monoisotopic (exact) mass is 251 g/mol. The molecule has 2 N–H and O–H groups in total. The number of hydrogen-bond donors (Lipinski definition) is 1. The first-order valence-corrected chi connectivity index (χ1v) is 5.32. The van der Waals surface area contributed by atoms with Crippen LogP contribution in [-0.2, 0) is 7.05 Å². The van der Waals surface area contributed by atoms with E-state index in [4.69, 9.17) is 15.2 Å². The highest BCUT2D eigenvalue weighted by Gasteiger charge is 2.12. The van der Waals surface area contributed by atoms with Crippen molar-refractivity contribution in [1.82, 2.24) is 9.78 Å². The van der Waals surface area contributed by atoms with Crippen molar-refractivity contribution in [2.24, 2.45) is 7.05 Å². The lowest BCUT2D eigenvalue weighted by Gasteiger charge is -2.10. The molecule has 0 amide bonds. The summed E-state index contributed by atoms with van der Waals surface area (Å²) in [6.45, 7) is 1.85. The van der Waals surface area contributed by atoms with E-state index in [1.807, 2.05) is 6.92 Å². The van der Waals surface area contributed by atoms with Crippen molar-refractivity contribution in [1.29, 1.82) is 0 Å². The number of halogens is 1. The largest absolute Gasteiger partial charge is 0.494 e. The maximum Gasteiger partial charge on any atom is 0.217 e. The van der Waals surface area contributed by atoms with Gasteiger partial charge in [-0.2, -0.15) is 5.10 Å². The molecular weight excluding hydrogens is 237 g/mol. The molecule has 0 atom stereocenters. The second-order valence-corrected chi connectivity index (χ2v) is 3.87. The van der Waals surface area contributed by atoms with Gasteiger partial charge in [-0.3, -0.25) is 0 Å². The lowest BCUT2D eigenvalue weighted by Crippen LogP contribution is -1.99. The fraction of sp³-hybridized carbons (Fsp3) is 0.250. The van der Waals surface area contributed by atoms with E-state index in [2.05, 4.69) is 5.10 Å². The SMILES string of the molecule is COc1cc(Oc2cc(C)nn2C)c(N)cc1F. The van der Waals surface area contributed by atoms with Crippen LogP contribution in [0, 0.1) is 12.7 Å². The van der Waals surface area contributed by atoms with Gasteiger partial charge < -0.3 is 15.2 Å². The Bertz CT molecular complexity index is 581. The average molecular weight is 251 g/mol. The highest BCUT2D eigenvalue weighted by atomic mass is 19.1. The Morgan fingerprint density at radius 1 is 1.28 bits per heavy atom. The maximum absolute atomic E-state index is 13.4. The first kappa shape index (κ1) is 12.2. The molecule has 0 fully saturated rings. The smallest absolute Gasteiger partial charge is 0.217 e. The topological polar surface area (TPSA) is 62.3 Å². The fourth-order valence-corrected chi connectivity index (χ4v) is 1.59. The van der Waals surface area contributed by atoms with Crippen molar-refractivity contribution in [2.45, 2.75) is 6.92 Å². The highest BCUT2D eigenvalue weighted by molar-refractivity contribution is 5.57. The van der Waals surface area contributed by atoms with Crippen LogP contribution in [0.5, 0.6) is 17.4 Å². The molecule has 2 aromatic rings. The molecule has 0 radical (unpaired) electrons. The molecule has 96 valence electrons. The van der Waals surface area contributed by atoms with E-state index in [-0.39, 0.29) is 11.4 Å². The average Bonchev–Trinajstić information content (AvgIpc) is 2.61. The Kier molecular flexibility index (Phi) is 3.10. The van der Waals surface area contributed by atoms with Gasteiger partial charge in [-0.05, 0) is 6.92 Å². The third-order valence-corrected chi connectivity index (χ3v) is 2.46. The first-order chi connectivity index (χ1) is 8.51. The first-order valence-electron chi connectivity index (χ1n) is 5.32. The van der Waals surface area contributed by atoms with Crippen molar-refractivity contribution in [3.63, 3.8) is 0 Å². The molecule has 5 nitrogen and oxygen atoms in total. The van der Waals surface area contributed by atoms with Crippen LogP contribution in [0.2, 0.25) is 0 Å². The molecule has 2 rings (SSSR count). The van der Waals surface area contributed by atoms with E-state index in [0.717, 1.165) is 11.8 Å². The second kappa shape index (κ2) is 4.56. The van der Waals surface area contributed by atoms with Crippen molar-refractivity contribution in [3.05, 3.63) is 29.7 Å². The molecule has 0 aliphatic carbocycles. The fourth-order valence-electron chi connectivity index (χ4n) is 1.59. The number of nitrogen functional groups attached to an aromatic ring is 1. The summed E-state index contributed by atoms with van der Waals surface area (Å²) in [5, 5.41) is 4.14. The van der Waals surface area contributed by atoms with Gasteiger partial charge in [-0.1, -0.05) is 0 Å². The van der Waals surface area contributed by atoms with Crippen molar-refractivity contribution in [2.75, 3.05) is 12.8 Å². The quantitative estimate of drug-likeness (QED) is 0.850. The van der Waals surface area contributed by atoms with Crippen LogP contribution in [-0.4, -0.2) is 16.9 Å². The molecule has 0 unspecified atom stereocenters. The van der Waals surface area contributed by atoms with E-state index < -0.39 is 5.82 Å². The predicted molar refractivity (Wildman–Crippen MR) is 65.4 cm³/mol. The molecule has 18 heavy (non-hydrogen) atoms. The molecule has 1 aromatic carbocycles. The summed E-state index contributed by atoms with van der Waals surface area (Å²) in [5.74, 6) is 0.408. The minimum Gasteiger partial charge on any atom is -0.494 e. The Hall–Kier alpha value is -2.24. The molecule has 0 spiro atoms. The summed E-state index contributed by atoms with van der Waals surface area (Å²) in [4.78, 5) is 0. The van der Waals surface area contributed by atoms with Crippen LogP contribution in [0.4, 0.5) is 10.1 Å². The van der Waals surface area contributed by atoms with Gasteiger partial charge in [0.15, 0.2) is 17.3 Å². The molecule has 0 saturated heterocycles. The Labute approximate surface area is 104 Å². The number of anilines is 1. The normalized spacial score (nSPS) is 10.4. The zero-order valence-electron chi connectivity index (χ0n) is 10.4. The van der Waals surface area contributed by atoms with Gasteiger partial charge in [0, 0.05) is 25.2 Å².